The number of hydrogen-bond acceptors (Lipinski definition) is 4. The number of pyridine rings is 1. The quantitative estimate of drug-likeness (QED) is 0.888. The van der Waals surface area contributed by atoms with E-state index >= 15 is 0 Å². The molecule has 2 rings (SSSR count). The Balaban J connectivity index is 1.87. The van der Waals surface area contributed by atoms with Gasteiger partial charge in [0.1, 0.15) is 11.9 Å². The van der Waals surface area contributed by atoms with Crippen molar-refractivity contribution in [3.63, 3.8) is 0 Å². The SMILES string of the molecule is CCSC1CCC(Nc2ccc(C#N)cn2)C1. The zero-order valence-corrected chi connectivity index (χ0v) is 10.8. The van der Waals surface area contributed by atoms with Gasteiger partial charge >= 0.3 is 0 Å². The first kappa shape index (κ1) is 12.3. The topological polar surface area (TPSA) is 48.7 Å². The van der Waals surface area contributed by atoms with Crippen molar-refractivity contribution in [3.8, 4) is 6.07 Å². The van der Waals surface area contributed by atoms with Crippen LogP contribution in [-0.4, -0.2) is 22.0 Å². The molecule has 1 aromatic heterocycles. The second-order valence-electron chi connectivity index (χ2n) is 4.28. The molecule has 0 aliphatic heterocycles. The summed E-state index contributed by atoms with van der Waals surface area (Å²) < 4.78 is 0. The average Bonchev–Trinajstić information content (AvgIpc) is 2.78. The Kier molecular flexibility index (Phi) is 4.27. The van der Waals surface area contributed by atoms with E-state index in [0.29, 0.717) is 11.6 Å². The van der Waals surface area contributed by atoms with Crippen molar-refractivity contribution in [2.45, 2.75) is 37.5 Å². The van der Waals surface area contributed by atoms with Gasteiger partial charge < -0.3 is 5.32 Å². The molecule has 90 valence electrons. The van der Waals surface area contributed by atoms with Gasteiger partial charge in [0.05, 0.1) is 5.56 Å². The molecule has 1 saturated carbocycles. The molecule has 1 aliphatic rings. The van der Waals surface area contributed by atoms with Crippen LogP contribution in [0.15, 0.2) is 18.3 Å². The van der Waals surface area contributed by atoms with Crippen LogP contribution in [0.1, 0.15) is 31.7 Å². The molecule has 1 heterocycles. The first-order valence-electron chi connectivity index (χ1n) is 6.06. The number of rotatable bonds is 4. The molecule has 4 heteroatoms. The maximum Gasteiger partial charge on any atom is 0.126 e. The van der Waals surface area contributed by atoms with Gasteiger partial charge in [0.15, 0.2) is 0 Å². The molecule has 0 bridgehead atoms. The van der Waals surface area contributed by atoms with E-state index in [2.05, 4.69) is 35.1 Å². The molecule has 0 saturated heterocycles. The van der Waals surface area contributed by atoms with E-state index in [1.54, 1.807) is 6.20 Å². The zero-order chi connectivity index (χ0) is 12.1. The molecular formula is C13H17N3S. The molecule has 3 nitrogen and oxygen atoms in total. The fraction of sp³-hybridized carbons (Fsp3) is 0.538. The highest BCUT2D eigenvalue weighted by atomic mass is 32.2. The maximum atomic E-state index is 8.69. The lowest BCUT2D eigenvalue weighted by Crippen LogP contribution is -2.16. The molecule has 0 spiro atoms. The van der Waals surface area contributed by atoms with Gasteiger partial charge in [-0.3, -0.25) is 0 Å². The molecule has 0 aromatic carbocycles. The summed E-state index contributed by atoms with van der Waals surface area (Å²) in [5.41, 5.74) is 0.612. The van der Waals surface area contributed by atoms with Gasteiger partial charge in [0.2, 0.25) is 0 Å². The summed E-state index contributed by atoms with van der Waals surface area (Å²) in [7, 11) is 0. The molecule has 17 heavy (non-hydrogen) atoms. The lowest BCUT2D eigenvalue weighted by atomic mass is 10.2. The summed E-state index contributed by atoms with van der Waals surface area (Å²) in [5.74, 6) is 2.09. The average molecular weight is 247 g/mol. The number of nitrogens with zero attached hydrogens (tertiary/aromatic N) is 2. The molecule has 1 aromatic rings. The van der Waals surface area contributed by atoms with Crippen LogP contribution in [0, 0.1) is 11.3 Å². The minimum Gasteiger partial charge on any atom is -0.367 e. The van der Waals surface area contributed by atoms with Crippen molar-refractivity contribution in [2.75, 3.05) is 11.1 Å². The van der Waals surface area contributed by atoms with E-state index < -0.39 is 0 Å². The fourth-order valence-electron chi connectivity index (χ4n) is 2.21. The smallest absolute Gasteiger partial charge is 0.126 e. The molecule has 1 aliphatic carbocycles. The van der Waals surface area contributed by atoms with Gasteiger partial charge in [0, 0.05) is 17.5 Å². The minimum atomic E-state index is 0.541. The van der Waals surface area contributed by atoms with Crippen molar-refractivity contribution in [1.29, 1.82) is 5.26 Å². The Morgan fingerprint density at radius 1 is 1.53 bits per heavy atom. The standard InChI is InChI=1S/C13H17N3S/c1-2-17-12-5-4-11(7-12)16-13-6-3-10(8-14)9-15-13/h3,6,9,11-12H,2,4-5,7H2,1H3,(H,15,16). The van der Waals surface area contributed by atoms with Gasteiger partial charge in [0.25, 0.3) is 0 Å². The minimum absolute atomic E-state index is 0.541. The Labute approximate surface area is 107 Å². The third-order valence-corrected chi connectivity index (χ3v) is 4.26. The summed E-state index contributed by atoms with van der Waals surface area (Å²) >= 11 is 2.06. The van der Waals surface area contributed by atoms with E-state index in [9.17, 15) is 0 Å². The number of nitriles is 1. The van der Waals surface area contributed by atoms with E-state index in [0.717, 1.165) is 11.1 Å². The Hall–Kier alpha value is -1.21. The van der Waals surface area contributed by atoms with Crippen molar-refractivity contribution in [3.05, 3.63) is 23.9 Å². The predicted octanol–water partition coefficient (Wildman–Crippen LogP) is 3.04. The Morgan fingerprint density at radius 2 is 2.41 bits per heavy atom. The normalized spacial score (nSPS) is 23.3. The van der Waals surface area contributed by atoms with Crippen LogP contribution < -0.4 is 5.32 Å². The molecule has 1 fully saturated rings. The lowest BCUT2D eigenvalue weighted by Gasteiger charge is -2.13. The second kappa shape index (κ2) is 5.92. The van der Waals surface area contributed by atoms with Crippen LogP contribution in [0.2, 0.25) is 0 Å². The van der Waals surface area contributed by atoms with Crippen LogP contribution >= 0.6 is 11.8 Å². The van der Waals surface area contributed by atoms with Crippen LogP contribution in [-0.2, 0) is 0 Å². The number of aromatic nitrogens is 1. The van der Waals surface area contributed by atoms with Gasteiger partial charge in [-0.1, -0.05) is 6.92 Å². The van der Waals surface area contributed by atoms with Crippen molar-refractivity contribution >= 4 is 17.6 Å². The van der Waals surface area contributed by atoms with E-state index in [1.165, 1.54) is 25.0 Å². The third kappa shape index (κ3) is 3.37. The van der Waals surface area contributed by atoms with Crippen molar-refractivity contribution < 1.29 is 0 Å². The summed E-state index contributed by atoms with van der Waals surface area (Å²) in [6, 6.07) is 6.32. The highest BCUT2D eigenvalue weighted by Crippen LogP contribution is 2.31. The molecule has 0 amide bonds. The zero-order valence-electron chi connectivity index (χ0n) is 10.0. The number of anilines is 1. The highest BCUT2D eigenvalue weighted by molar-refractivity contribution is 7.99. The van der Waals surface area contributed by atoms with Crippen LogP contribution in [0.25, 0.3) is 0 Å². The van der Waals surface area contributed by atoms with Gasteiger partial charge in [-0.05, 0) is 37.1 Å². The molecule has 2 atom stereocenters. The van der Waals surface area contributed by atoms with E-state index in [-0.39, 0.29) is 0 Å². The first-order chi connectivity index (χ1) is 8.31. The third-order valence-electron chi connectivity index (χ3n) is 3.03. The van der Waals surface area contributed by atoms with E-state index in [1.807, 2.05) is 12.1 Å². The van der Waals surface area contributed by atoms with Gasteiger partial charge in [-0.15, -0.1) is 0 Å². The lowest BCUT2D eigenvalue weighted by molar-refractivity contribution is 0.752. The summed E-state index contributed by atoms with van der Waals surface area (Å²) in [4.78, 5) is 4.24. The summed E-state index contributed by atoms with van der Waals surface area (Å²) in [6.07, 6.45) is 5.36. The van der Waals surface area contributed by atoms with Crippen molar-refractivity contribution in [2.24, 2.45) is 0 Å². The van der Waals surface area contributed by atoms with E-state index in [4.69, 9.17) is 5.26 Å². The van der Waals surface area contributed by atoms with Crippen LogP contribution in [0.4, 0.5) is 5.82 Å². The summed E-state index contributed by atoms with van der Waals surface area (Å²) in [5, 5.41) is 12.9. The largest absolute Gasteiger partial charge is 0.367 e. The first-order valence-corrected chi connectivity index (χ1v) is 7.11. The van der Waals surface area contributed by atoms with Crippen LogP contribution in [0.3, 0.4) is 0 Å². The molecular weight excluding hydrogens is 230 g/mol. The van der Waals surface area contributed by atoms with Crippen molar-refractivity contribution in [1.82, 2.24) is 4.98 Å². The predicted molar refractivity (Wildman–Crippen MR) is 72.1 cm³/mol. The van der Waals surface area contributed by atoms with Gasteiger partial charge in [-0.25, -0.2) is 4.98 Å². The number of nitrogens with one attached hydrogen (secondary N) is 1. The van der Waals surface area contributed by atoms with Gasteiger partial charge in [-0.2, -0.15) is 17.0 Å². The monoisotopic (exact) mass is 247 g/mol. The molecule has 1 N–H and O–H groups in total. The number of hydrogen-bond donors (Lipinski definition) is 1. The maximum absolute atomic E-state index is 8.69. The fourth-order valence-corrected chi connectivity index (χ4v) is 3.36. The number of thioether (sulfide) groups is 1. The molecule has 2 unspecified atom stereocenters. The Morgan fingerprint density at radius 3 is 3.06 bits per heavy atom. The highest BCUT2D eigenvalue weighted by Gasteiger charge is 2.24. The second-order valence-corrected chi connectivity index (χ2v) is 5.85. The Bertz CT molecular complexity index is 396. The molecule has 0 radical (unpaired) electrons. The van der Waals surface area contributed by atoms with Crippen LogP contribution in [0.5, 0.6) is 0 Å². The summed E-state index contributed by atoms with van der Waals surface area (Å²) in [6.45, 7) is 2.22.